The predicted molar refractivity (Wildman–Crippen MR) is 136 cm³/mol. The molecule has 182 valence electrons. The minimum Gasteiger partial charge on any atom is -0.491 e. The Balaban J connectivity index is 1.44. The maximum atomic E-state index is 6.19. The first-order valence-electron chi connectivity index (χ1n) is 11.7. The molecule has 0 radical (unpaired) electrons. The number of aromatic nitrogens is 5. The molecule has 0 saturated carbocycles. The molecule has 0 amide bonds. The molecule has 0 atom stereocenters. The molecule has 0 unspecified atom stereocenters. The molecule has 2 aromatic heterocycles. The van der Waals surface area contributed by atoms with E-state index in [0.29, 0.717) is 29.1 Å². The SMILES string of the molecule is CN(C)CCCOc1ccccc1-n1nc(-c2ccc3c(c2)OCO3)n[n+]1-c1nc2ccccc2s1. The third kappa shape index (κ3) is 4.36. The van der Waals surface area contributed by atoms with E-state index in [9.17, 15) is 0 Å². The number of tetrazole rings is 1. The quantitative estimate of drug-likeness (QED) is 0.236. The first-order chi connectivity index (χ1) is 17.7. The topological polar surface area (TPSA) is 78.4 Å². The van der Waals surface area contributed by atoms with Gasteiger partial charge in [0.2, 0.25) is 6.79 Å². The number of nitrogens with zero attached hydrogens (tertiary/aromatic N) is 6. The number of hydrogen-bond acceptors (Lipinski definition) is 8. The second-order valence-electron chi connectivity index (χ2n) is 8.61. The van der Waals surface area contributed by atoms with Crippen LogP contribution in [0.4, 0.5) is 0 Å². The van der Waals surface area contributed by atoms with E-state index in [1.165, 1.54) is 0 Å². The summed E-state index contributed by atoms with van der Waals surface area (Å²) in [5.74, 6) is 2.66. The average Bonchev–Trinajstić information content (AvgIpc) is 3.63. The van der Waals surface area contributed by atoms with Crippen molar-refractivity contribution in [1.82, 2.24) is 24.9 Å². The predicted octanol–water partition coefficient (Wildman–Crippen LogP) is 3.88. The van der Waals surface area contributed by atoms with Crippen molar-refractivity contribution in [2.45, 2.75) is 6.42 Å². The molecule has 36 heavy (non-hydrogen) atoms. The number of ether oxygens (including phenoxy) is 3. The molecule has 0 bridgehead atoms. The van der Waals surface area contributed by atoms with Crippen molar-refractivity contribution < 1.29 is 19.0 Å². The van der Waals surface area contributed by atoms with Crippen LogP contribution < -0.4 is 19.0 Å². The van der Waals surface area contributed by atoms with Crippen LogP contribution in [-0.4, -0.2) is 58.9 Å². The summed E-state index contributed by atoms with van der Waals surface area (Å²) in [6.45, 7) is 1.76. The Morgan fingerprint density at radius 2 is 1.86 bits per heavy atom. The van der Waals surface area contributed by atoms with Crippen LogP contribution in [0.15, 0.2) is 66.7 Å². The number of rotatable bonds is 8. The largest absolute Gasteiger partial charge is 0.491 e. The summed E-state index contributed by atoms with van der Waals surface area (Å²) >= 11 is 1.56. The summed E-state index contributed by atoms with van der Waals surface area (Å²) in [7, 11) is 4.11. The highest BCUT2D eigenvalue weighted by atomic mass is 32.1. The zero-order chi connectivity index (χ0) is 24.5. The van der Waals surface area contributed by atoms with Crippen LogP contribution in [0.3, 0.4) is 0 Å². The second-order valence-corrected chi connectivity index (χ2v) is 9.62. The fourth-order valence-corrected chi connectivity index (χ4v) is 4.87. The van der Waals surface area contributed by atoms with Gasteiger partial charge in [-0.3, -0.25) is 0 Å². The molecule has 9 nitrogen and oxygen atoms in total. The van der Waals surface area contributed by atoms with Crippen molar-refractivity contribution >= 4 is 21.6 Å². The van der Waals surface area contributed by atoms with Gasteiger partial charge in [0.1, 0.15) is 5.75 Å². The molecule has 0 aliphatic carbocycles. The smallest absolute Gasteiger partial charge is 0.365 e. The zero-order valence-corrected chi connectivity index (χ0v) is 20.8. The lowest BCUT2D eigenvalue weighted by Crippen LogP contribution is -2.43. The minimum atomic E-state index is 0.213. The van der Waals surface area contributed by atoms with Crippen LogP contribution in [0, 0.1) is 0 Å². The fourth-order valence-electron chi connectivity index (χ4n) is 3.97. The van der Waals surface area contributed by atoms with Gasteiger partial charge >= 0.3 is 5.13 Å². The highest BCUT2D eigenvalue weighted by molar-refractivity contribution is 7.20. The molecule has 3 heterocycles. The first kappa shape index (κ1) is 22.4. The second kappa shape index (κ2) is 9.56. The van der Waals surface area contributed by atoms with Crippen molar-refractivity contribution in [3.8, 4) is 39.5 Å². The van der Waals surface area contributed by atoms with E-state index in [0.717, 1.165) is 40.2 Å². The van der Waals surface area contributed by atoms with Crippen LogP contribution >= 0.6 is 11.3 Å². The van der Waals surface area contributed by atoms with Crippen LogP contribution in [0.2, 0.25) is 0 Å². The summed E-state index contributed by atoms with van der Waals surface area (Å²) in [5.41, 5.74) is 2.51. The molecule has 0 N–H and O–H groups in total. The Morgan fingerprint density at radius 1 is 1.03 bits per heavy atom. The molecule has 0 fully saturated rings. The Kier molecular flexibility index (Phi) is 5.96. The molecule has 10 heteroatoms. The third-order valence-corrected chi connectivity index (χ3v) is 6.73. The van der Waals surface area contributed by atoms with Crippen molar-refractivity contribution in [3.05, 3.63) is 66.7 Å². The number of benzene rings is 3. The summed E-state index contributed by atoms with van der Waals surface area (Å²) in [6, 6.07) is 21.6. The van der Waals surface area contributed by atoms with Crippen molar-refractivity contribution in [3.63, 3.8) is 0 Å². The number of fused-ring (bicyclic) bond motifs is 2. The van der Waals surface area contributed by atoms with Gasteiger partial charge in [-0.1, -0.05) is 40.6 Å². The van der Waals surface area contributed by atoms with E-state index in [1.54, 1.807) is 20.9 Å². The van der Waals surface area contributed by atoms with E-state index < -0.39 is 0 Å². The maximum absolute atomic E-state index is 6.19. The number of thiazole rings is 1. The molecule has 0 spiro atoms. The highest BCUT2D eigenvalue weighted by Gasteiger charge is 2.27. The van der Waals surface area contributed by atoms with Crippen LogP contribution in [0.1, 0.15) is 6.42 Å². The lowest BCUT2D eigenvalue weighted by molar-refractivity contribution is -0.734. The fraction of sp³-hybridized carbons (Fsp3) is 0.231. The maximum Gasteiger partial charge on any atom is 0.365 e. The summed E-state index contributed by atoms with van der Waals surface area (Å²) < 4.78 is 18.3. The Morgan fingerprint density at radius 3 is 2.75 bits per heavy atom. The summed E-state index contributed by atoms with van der Waals surface area (Å²) in [5, 5.41) is 10.5. The van der Waals surface area contributed by atoms with Gasteiger partial charge in [0.15, 0.2) is 22.7 Å². The van der Waals surface area contributed by atoms with E-state index >= 15 is 0 Å². The molecule has 1 aliphatic rings. The average molecular weight is 502 g/mol. The molecule has 0 saturated heterocycles. The first-order valence-corrected chi connectivity index (χ1v) is 12.5. The monoisotopic (exact) mass is 501 g/mol. The van der Waals surface area contributed by atoms with E-state index in [4.69, 9.17) is 29.4 Å². The normalized spacial score (nSPS) is 12.5. The molecule has 5 aromatic rings. The summed E-state index contributed by atoms with van der Waals surface area (Å²) in [4.78, 5) is 10.4. The lowest BCUT2D eigenvalue weighted by atomic mass is 10.2. The summed E-state index contributed by atoms with van der Waals surface area (Å²) in [6.07, 6.45) is 0.916. The number of para-hydroxylation sites is 3. The van der Waals surface area contributed by atoms with Gasteiger partial charge in [-0.2, -0.15) is 0 Å². The minimum absolute atomic E-state index is 0.213. The Labute approximate surface area is 212 Å². The van der Waals surface area contributed by atoms with Gasteiger partial charge in [0.05, 0.1) is 11.3 Å². The highest BCUT2D eigenvalue weighted by Crippen LogP contribution is 2.35. The standard InChI is InChI=1S/C26H25N6O3S/c1-30(2)14-7-15-33-21-10-5-4-9-20(21)31-28-25(18-12-13-22-23(16-18)35-17-34-22)29-32(31)26-27-19-8-3-6-11-24(19)36-26/h3-6,8-13,16H,7,14-15,17H2,1-2H3/q+1. The van der Waals surface area contributed by atoms with Gasteiger partial charge in [-0.15, -0.1) is 0 Å². The lowest BCUT2D eigenvalue weighted by Gasteiger charge is -2.12. The van der Waals surface area contributed by atoms with Crippen molar-refractivity contribution in [1.29, 1.82) is 0 Å². The van der Waals surface area contributed by atoms with Gasteiger partial charge in [-0.25, -0.2) is 0 Å². The molecular formula is C26H25N6O3S+. The number of hydrogen-bond donors (Lipinski definition) is 0. The molecular weight excluding hydrogens is 476 g/mol. The van der Waals surface area contributed by atoms with Gasteiger partial charge in [-0.05, 0) is 77.7 Å². The van der Waals surface area contributed by atoms with E-state index in [1.807, 2.05) is 60.7 Å². The van der Waals surface area contributed by atoms with Crippen molar-refractivity contribution in [2.75, 3.05) is 34.0 Å². The van der Waals surface area contributed by atoms with E-state index in [-0.39, 0.29) is 6.79 Å². The van der Waals surface area contributed by atoms with Gasteiger partial charge < -0.3 is 19.1 Å². The van der Waals surface area contributed by atoms with Crippen LogP contribution in [-0.2, 0) is 0 Å². The third-order valence-electron chi connectivity index (χ3n) is 5.73. The van der Waals surface area contributed by atoms with Crippen LogP contribution in [0.25, 0.3) is 32.4 Å². The van der Waals surface area contributed by atoms with E-state index in [2.05, 4.69) is 25.1 Å². The van der Waals surface area contributed by atoms with Crippen LogP contribution in [0.5, 0.6) is 17.2 Å². The Bertz CT molecular complexity index is 1500. The Hall–Kier alpha value is -4.02. The molecule has 1 aliphatic heterocycles. The molecule has 6 rings (SSSR count). The molecule has 3 aromatic carbocycles. The van der Waals surface area contributed by atoms with Gasteiger partial charge in [0, 0.05) is 17.2 Å². The van der Waals surface area contributed by atoms with Gasteiger partial charge in [0.25, 0.3) is 5.82 Å². The van der Waals surface area contributed by atoms with Crippen molar-refractivity contribution in [2.24, 2.45) is 0 Å². The zero-order valence-electron chi connectivity index (χ0n) is 20.0.